The van der Waals surface area contributed by atoms with E-state index in [1.54, 1.807) is 32.3 Å². The molecule has 25 heavy (non-hydrogen) atoms. The smallest absolute Gasteiger partial charge is 0.325 e. The van der Waals surface area contributed by atoms with E-state index in [1.165, 1.54) is 12.0 Å². The lowest BCUT2D eigenvalue weighted by atomic mass is 10.1. The van der Waals surface area contributed by atoms with Crippen LogP contribution in [0.2, 0.25) is 0 Å². The highest BCUT2D eigenvalue weighted by atomic mass is 16.5. The molecule has 1 aliphatic heterocycles. The molecule has 1 aromatic rings. The standard InChI is InChI=1S/C17H23N3O5/c1-19(2)17(23)11-5-6-14-13(7-11)20(3)12(10-25-14)8-15(21)18-9-16(22)24-4/h5-7,12H,8-10H2,1-4H3,(H,18,21). The fourth-order valence-electron chi connectivity index (χ4n) is 2.53. The quantitative estimate of drug-likeness (QED) is 0.768. The summed E-state index contributed by atoms with van der Waals surface area (Å²) in [4.78, 5) is 38.6. The molecular weight excluding hydrogens is 326 g/mol. The average molecular weight is 349 g/mol. The van der Waals surface area contributed by atoms with E-state index in [1.807, 2.05) is 11.9 Å². The SMILES string of the molecule is COC(=O)CNC(=O)CC1COc2ccc(C(=O)N(C)C)cc2N1C. The number of likely N-dealkylation sites (N-methyl/N-ethyl adjacent to an activating group) is 1. The normalized spacial score (nSPS) is 15.7. The van der Waals surface area contributed by atoms with Gasteiger partial charge in [-0.05, 0) is 18.2 Å². The molecule has 0 bridgehead atoms. The first-order valence-electron chi connectivity index (χ1n) is 7.88. The lowest BCUT2D eigenvalue weighted by Gasteiger charge is -2.35. The van der Waals surface area contributed by atoms with Gasteiger partial charge < -0.3 is 24.6 Å². The van der Waals surface area contributed by atoms with Gasteiger partial charge in [-0.3, -0.25) is 14.4 Å². The molecule has 0 radical (unpaired) electrons. The molecule has 0 spiro atoms. The minimum atomic E-state index is -0.501. The molecule has 0 saturated heterocycles. The fourth-order valence-corrected chi connectivity index (χ4v) is 2.53. The molecule has 8 heteroatoms. The first-order valence-corrected chi connectivity index (χ1v) is 7.88. The van der Waals surface area contributed by atoms with E-state index >= 15 is 0 Å². The van der Waals surface area contributed by atoms with E-state index in [4.69, 9.17) is 4.74 Å². The van der Waals surface area contributed by atoms with E-state index in [-0.39, 0.29) is 30.8 Å². The summed E-state index contributed by atoms with van der Waals surface area (Å²) in [5.74, 6) is -0.202. The Bertz CT molecular complexity index is 674. The Morgan fingerprint density at radius 3 is 2.72 bits per heavy atom. The summed E-state index contributed by atoms with van der Waals surface area (Å²) in [6.07, 6.45) is 0.165. The number of benzene rings is 1. The van der Waals surface area contributed by atoms with Crippen LogP contribution in [-0.4, -0.2) is 70.1 Å². The molecule has 2 amide bonds. The van der Waals surface area contributed by atoms with Crippen molar-refractivity contribution in [1.82, 2.24) is 10.2 Å². The Morgan fingerprint density at radius 1 is 1.36 bits per heavy atom. The van der Waals surface area contributed by atoms with Gasteiger partial charge in [-0.1, -0.05) is 0 Å². The number of carbonyl (C=O) groups excluding carboxylic acids is 3. The lowest BCUT2D eigenvalue weighted by Crippen LogP contribution is -2.44. The van der Waals surface area contributed by atoms with Crippen LogP contribution >= 0.6 is 0 Å². The van der Waals surface area contributed by atoms with Gasteiger partial charge in [0.25, 0.3) is 5.91 Å². The Kier molecular flexibility index (Phi) is 5.84. The number of carbonyl (C=O) groups is 3. The molecule has 2 rings (SSSR count). The third-order valence-corrected chi connectivity index (χ3v) is 4.05. The van der Waals surface area contributed by atoms with Crippen molar-refractivity contribution in [3.05, 3.63) is 23.8 Å². The van der Waals surface area contributed by atoms with E-state index in [9.17, 15) is 14.4 Å². The highest BCUT2D eigenvalue weighted by Crippen LogP contribution is 2.34. The zero-order valence-corrected chi connectivity index (χ0v) is 14.9. The topological polar surface area (TPSA) is 88.2 Å². The number of esters is 1. The van der Waals surface area contributed by atoms with Gasteiger partial charge in [-0.2, -0.15) is 0 Å². The average Bonchev–Trinajstić information content (AvgIpc) is 2.61. The number of methoxy groups -OCH3 is 1. The number of rotatable bonds is 5. The van der Waals surface area contributed by atoms with Gasteiger partial charge in [0.15, 0.2) is 0 Å². The van der Waals surface area contributed by atoms with Gasteiger partial charge in [0.2, 0.25) is 5.91 Å². The van der Waals surface area contributed by atoms with Gasteiger partial charge in [-0.25, -0.2) is 0 Å². The van der Waals surface area contributed by atoms with Crippen LogP contribution in [0.1, 0.15) is 16.8 Å². The number of anilines is 1. The van der Waals surface area contributed by atoms with Crippen molar-refractivity contribution in [2.24, 2.45) is 0 Å². The summed E-state index contributed by atoms with van der Waals surface area (Å²) in [5.41, 5.74) is 1.31. The van der Waals surface area contributed by atoms with E-state index in [2.05, 4.69) is 10.1 Å². The van der Waals surface area contributed by atoms with Crippen molar-refractivity contribution in [2.45, 2.75) is 12.5 Å². The van der Waals surface area contributed by atoms with Crippen LogP contribution in [0.4, 0.5) is 5.69 Å². The minimum Gasteiger partial charge on any atom is -0.489 e. The van der Waals surface area contributed by atoms with Crippen LogP contribution < -0.4 is 15.0 Å². The maximum atomic E-state index is 12.1. The van der Waals surface area contributed by atoms with Crippen molar-refractivity contribution in [3.8, 4) is 5.75 Å². The summed E-state index contributed by atoms with van der Waals surface area (Å²) in [6, 6.07) is 5.04. The van der Waals surface area contributed by atoms with Crippen molar-refractivity contribution in [3.63, 3.8) is 0 Å². The number of ether oxygens (including phenoxy) is 2. The molecule has 8 nitrogen and oxygen atoms in total. The van der Waals surface area contributed by atoms with Crippen LogP contribution in [0.15, 0.2) is 18.2 Å². The molecule has 1 aromatic carbocycles. The van der Waals surface area contributed by atoms with Crippen LogP contribution in [-0.2, 0) is 14.3 Å². The largest absolute Gasteiger partial charge is 0.489 e. The van der Waals surface area contributed by atoms with Gasteiger partial charge in [0, 0.05) is 26.7 Å². The third kappa shape index (κ3) is 4.40. The first-order chi connectivity index (χ1) is 11.8. The third-order valence-electron chi connectivity index (χ3n) is 4.05. The zero-order chi connectivity index (χ0) is 18.6. The number of nitrogens with zero attached hydrogens (tertiary/aromatic N) is 2. The Labute approximate surface area is 146 Å². The molecule has 0 aromatic heterocycles. The summed E-state index contributed by atoms with van der Waals surface area (Å²) >= 11 is 0. The molecule has 1 N–H and O–H groups in total. The van der Waals surface area contributed by atoms with Crippen LogP contribution in [0, 0.1) is 0 Å². The fraction of sp³-hybridized carbons (Fsp3) is 0.471. The number of nitrogens with one attached hydrogen (secondary N) is 1. The molecule has 1 aliphatic rings. The van der Waals surface area contributed by atoms with Crippen molar-refractivity contribution in [1.29, 1.82) is 0 Å². The number of hydrogen-bond donors (Lipinski definition) is 1. The van der Waals surface area contributed by atoms with Crippen LogP contribution in [0.25, 0.3) is 0 Å². The zero-order valence-electron chi connectivity index (χ0n) is 14.9. The van der Waals surface area contributed by atoms with Crippen LogP contribution in [0.3, 0.4) is 0 Å². The minimum absolute atomic E-state index is 0.103. The highest BCUT2D eigenvalue weighted by molar-refractivity contribution is 5.95. The summed E-state index contributed by atoms with van der Waals surface area (Å²) < 4.78 is 10.2. The molecule has 0 aliphatic carbocycles. The summed E-state index contributed by atoms with van der Waals surface area (Å²) in [5, 5.41) is 2.51. The molecular formula is C17H23N3O5. The second-order valence-corrected chi connectivity index (χ2v) is 6.01. The highest BCUT2D eigenvalue weighted by Gasteiger charge is 2.28. The second kappa shape index (κ2) is 7.87. The lowest BCUT2D eigenvalue weighted by molar-refractivity contribution is -0.141. The monoisotopic (exact) mass is 349 g/mol. The predicted octanol–water partition coefficient (Wildman–Crippen LogP) is 0.265. The van der Waals surface area contributed by atoms with Gasteiger partial charge in [0.1, 0.15) is 18.9 Å². The Balaban J connectivity index is 2.07. The molecule has 0 saturated carbocycles. The van der Waals surface area contributed by atoms with Gasteiger partial charge in [0.05, 0.1) is 25.3 Å². The van der Waals surface area contributed by atoms with E-state index in [0.29, 0.717) is 17.9 Å². The Morgan fingerprint density at radius 2 is 2.08 bits per heavy atom. The summed E-state index contributed by atoms with van der Waals surface area (Å²) in [7, 11) is 6.50. The van der Waals surface area contributed by atoms with Gasteiger partial charge in [-0.15, -0.1) is 0 Å². The summed E-state index contributed by atoms with van der Waals surface area (Å²) in [6.45, 7) is 0.181. The predicted molar refractivity (Wildman–Crippen MR) is 91.8 cm³/mol. The van der Waals surface area contributed by atoms with Crippen LogP contribution in [0.5, 0.6) is 5.75 Å². The number of fused-ring (bicyclic) bond motifs is 1. The molecule has 1 heterocycles. The van der Waals surface area contributed by atoms with E-state index < -0.39 is 5.97 Å². The molecule has 1 atom stereocenters. The van der Waals surface area contributed by atoms with E-state index in [0.717, 1.165) is 5.69 Å². The maximum Gasteiger partial charge on any atom is 0.325 e. The number of amides is 2. The molecule has 136 valence electrons. The van der Waals surface area contributed by atoms with Crippen molar-refractivity contribution in [2.75, 3.05) is 46.3 Å². The second-order valence-electron chi connectivity index (χ2n) is 6.01. The van der Waals surface area contributed by atoms with Crippen molar-refractivity contribution < 1.29 is 23.9 Å². The molecule has 1 unspecified atom stereocenters. The number of hydrogen-bond acceptors (Lipinski definition) is 6. The first kappa shape index (κ1) is 18.6. The van der Waals surface area contributed by atoms with Crippen molar-refractivity contribution >= 4 is 23.5 Å². The maximum absolute atomic E-state index is 12.1. The Hall–Kier alpha value is -2.77. The van der Waals surface area contributed by atoms with Gasteiger partial charge >= 0.3 is 5.97 Å². The molecule has 0 fully saturated rings.